The van der Waals surface area contributed by atoms with Gasteiger partial charge in [-0.15, -0.1) is 0 Å². The Morgan fingerprint density at radius 3 is 2.82 bits per heavy atom. The highest BCUT2D eigenvalue weighted by Gasteiger charge is 2.21. The van der Waals surface area contributed by atoms with E-state index in [1.165, 1.54) is 36.3 Å². The first-order valence-corrected chi connectivity index (χ1v) is 10.7. The molecule has 1 fully saturated rings. The summed E-state index contributed by atoms with van der Waals surface area (Å²) in [5.41, 5.74) is 3.60. The zero-order chi connectivity index (χ0) is 19.9. The van der Waals surface area contributed by atoms with E-state index < -0.39 is 0 Å². The Morgan fingerprint density at radius 2 is 2.07 bits per heavy atom. The molecule has 1 N–H and O–H groups in total. The second kappa shape index (κ2) is 10.2. The van der Waals surface area contributed by atoms with Crippen molar-refractivity contribution in [3.63, 3.8) is 0 Å². The molecule has 0 spiro atoms. The largest absolute Gasteiger partial charge is 0.303 e. The minimum Gasteiger partial charge on any atom is -0.303 e. The molecule has 1 aliphatic rings. The summed E-state index contributed by atoms with van der Waals surface area (Å²) in [4.78, 5) is 4.99. The van der Waals surface area contributed by atoms with Gasteiger partial charge in [0.05, 0.1) is 5.69 Å². The second-order valence-electron chi connectivity index (χ2n) is 8.86. The fourth-order valence-electron chi connectivity index (χ4n) is 4.25. The van der Waals surface area contributed by atoms with Crippen molar-refractivity contribution in [3.05, 3.63) is 53.1 Å². The minimum absolute atomic E-state index is 0.154. The number of hydrogen-bond acceptors (Lipinski definition) is 3. The Morgan fingerprint density at radius 1 is 1.29 bits per heavy atom. The third-order valence-electron chi connectivity index (χ3n) is 5.54. The molecule has 2 heterocycles. The van der Waals surface area contributed by atoms with Crippen LogP contribution in [0.1, 0.15) is 43.6 Å². The summed E-state index contributed by atoms with van der Waals surface area (Å²) in [6.45, 7) is 9.90. The maximum absolute atomic E-state index is 13.0. The number of piperidine rings is 1. The van der Waals surface area contributed by atoms with Crippen molar-refractivity contribution in [2.45, 2.75) is 46.1 Å². The molecule has 1 unspecified atom stereocenters. The highest BCUT2D eigenvalue weighted by atomic mass is 19.1. The summed E-state index contributed by atoms with van der Waals surface area (Å²) in [6.07, 6.45) is 4.60. The van der Waals surface area contributed by atoms with Crippen LogP contribution in [0.25, 0.3) is 0 Å². The zero-order valence-corrected chi connectivity index (χ0v) is 17.6. The fourth-order valence-corrected chi connectivity index (χ4v) is 4.25. The predicted octanol–water partition coefficient (Wildman–Crippen LogP) is 4.13. The minimum atomic E-state index is -0.154. The van der Waals surface area contributed by atoms with Crippen LogP contribution in [0.2, 0.25) is 0 Å². The Kier molecular flexibility index (Phi) is 7.63. The van der Waals surface area contributed by atoms with E-state index in [1.54, 1.807) is 12.1 Å². The van der Waals surface area contributed by atoms with Crippen molar-refractivity contribution in [1.82, 2.24) is 20.0 Å². The molecule has 4 nitrogen and oxygen atoms in total. The van der Waals surface area contributed by atoms with Gasteiger partial charge in [-0.25, -0.2) is 4.39 Å². The molecule has 0 aliphatic carbocycles. The van der Waals surface area contributed by atoms with Gasteiger partial charge in [0.1, 0.15) is 5.82 Å². The van der Waals surface area contributed by atoms with Crippen molar-refractivity contribution in [2.24, 2.45) is 11.8 Å². The molecule has 154 valence electrons. The number of aromatic amines is 1. The average molecular weight is 387 g/mol. The van der Waals surface area contributed by atoms with Crippen LogP contribution in [0.4, 0.5) is 4.39 Å². The first-order chi connectivity index (χ1) is 13.5. The van der Waals surface area contributed by atoms with E-state index >= 15 is 0 Å². The predicted molar refractivity (Wildman–Crippen MR) is 113 cm³/mol. The van der Waals surface area contributed by atoms with Crippen molar-refractivity contribution in [1.29, 1.82) is 0 Å². The lowest BCUT2D eigenvalue weighted by Crippen LogP contribution is -2.40. The van der Waals surface area contributed by atoms with E-state index in [2.05, 4.69) is 47.0 Å². The van der Waals surface area contributed by atoms with Gasteiger partial charge in [0, 0.05) is 31.9 Å². The van der Waals surface area contributed by atoms with Gasteiger partial charge >= 0.3 is 0 Å². The molecule has 0 amide bonds. The summed E-state index contributed by atoms with van der Waals surface area (Å²) in [7, 11) is 2.21. The van der Waals surface area contributed by atoms with Gasteiger partial charge in [0.2, 0.25) is 0 Å². The van der Waals surface area contributed by atoms with Gasteiger partial charge in [-0.2, -0.15) is 5.10 Å². The monoisotopic (exact) mass is 386 g/mol. The number of benzene rings is 1. The molecular formula is C23H35FN4. The first kappa shape index (κ1) is 21.0. The molecule has 28 heavy (non-hydrogen) atoms. The number of nitrogens with zero attached hydrogens (tertiary/aromatic N) is 3. The van der Waals surface area contributed by atoms with Crippen molar-refractivity contribution in [2.75, 3.05) is 33.2 Å². The van der Waals surface area contributed by atoms with Crippen LogP contribution in [0, 0.1) is 17.7 Å². The van der Waals surface area contributed by atoms with Crippen LogP contribution < -0.4 is 0 Å². The summed E-state index contributed by atoms with van der Waals surface area (Å²) in [6, 6.07) is 9.15. The Labute approximate surface area is 169 Å². The Hall–Kier alpha value is -1.72. The average Bonchev–Trinajstić information content (AvgIpc) is 3.07. The number of rotatable bonds is 9. The van der Waals surface area contributed by atoms with Gasteiger partial charge in [0.25, 0.3) is 0 Å². The van der Waals surface area contributed by atoms with Crippen LogP contribution >= 0.6 is 0 Å². The number of likely N-dealkylation sites (tertiary alicyclic amines) is 1. The molecule has 0 radical (unpaired) electrons. The molecule has 3 rings (SSSR count). The highest BCUT2D eigenvalue weighted by molar-refractivity contribution is 5.16. The van der Waals surface area contributed by atoms with E-state index in [0.29, 0.717) is 11.8 Å². The lowest BCUT2D eigenvalue weighted by atomic mass is 9.97. The van der Waals surface area contributed by atoms with Gasteiger partial charge in [-0.3, -0.25) is 5.10 Å². The quantitative estimate of drug-likeness (QED) is 0.704. The van der Waals surface area contributed by atoms with Gasteiger partial charge in [-0.1, -0.05) is 26.0 Å². The Balaban J connectivity index is 1.42. The number of halogens is 1. The molecule has 0 saturated carbocycles. The van der Waals surface area contributed by atoms with E-state index in [9.17, 15) is 4.39 Å². The molecular weight excluding hydrogens is 351 g/mol. The van der Waals surface area contributed by atoms with E-state index in [0.717, 1.165) is 39.0 Å². The number of H-pyrrole nitrogens is 1. The molecule has 1 aromatic heterocycles. The standard InChI is InChI=1S/C23H35FN4/c1-18(2)13-22-14-23(26-25-22)17-27(3)15-20-5-4-11-28(16-20)12-10-19-6-8-21(24)9-7-19/h6-9,14,18,20H,4-5,10-13,15-17H2,1-3H3,(H,25,26). The molecule has 1 aromatic carbocycles. The van der Waals surface area contributed by atoms with E-state index in [4.69, 9.17) is 0 Å². The summed E-state index contributed by atoms with van der Waals surface area (Å²) in [5, 5.41) is 7.65. The SMILES string of the molecule is CC(C)Cc1cc(CN(C)CC2CCCN(CCc3ccc(F)cc3)C2)[nH]n1. The molecule has 0 bridgehead atoms. The smallest absolute Gasteiger partial charge is 0.123 e. The number of hydrogen-bond donors (Lipinski definition) is 1. The van der Waals surface area contributed by atoms with Crippen molar-refractivity contribution >= 4 is 0 Å². The van der Waals surface area contributed by atoms with Crippen LogP contribution in [-0.4, -0.2) is 53.2 Å². The summed E-state index contributed by atoms with van der Waals surface area (Å²) < 4.78 is 13.0. The normalized spacial score (nSPS) is 18.3. The lowest BCUT2D eigenvalue weighted by Gasteiger charge is -2.34. The van der Waals surface area contributed by atoms with E-state index in [-0.39, 0.29) is 5.82 Å². The zero-order valence-electron chi connectivity index (χ0n) is 17.6. The second-order valence-corrected chi connectivity index (χ2v) is 8.86. The summed E-state index contributed by atoms with van der Waals surface area (Å²) >= 11 is 0. The molecule has 1 atom stereocenters. The number of aromatic nitrogens is 2. The molecule has 5 heteroatoms. The van der Waals surface area contributed by atoms with Crippen molar-refractivity contribution in [3.8, 4) is 0 Å². The molecule has 1 saturated heterocycles. The van der Waals surface area contributed by atoms with Crippen LogP contribution in [0.5, 0.6) is 0 Å². The highest BCUT2D eigenvalue weighted by Crippen LogP contribution is 2.19. The topological polar surface area (TPSA) is 35.2 Å². The Bertz CT molecular complexity index is 710. The van der Waals surface area contributed by atoms with Crippen LogP contribution in [-0.2, 0) is 19.4 Å². The molecule has 1 aliphatic heterocycles. The lowest BCUT2D eigenvalue weighted by molar-refractivity contribution is 0.142. The molecule has 2 aromatic rings. The van der Waals surface area contributed by atoms with Crippen molar-refractivity contribution < 1.29 is 4.39 Å². The first-order valence-electron chi connectivity index (χ1n) is 10.7. The maximum atomic E-state index is 13.0. The van der Waals surface area contributed by atoms with E-state index in [1.807, 2.05) is 12.1 Å². The number of nitrogens with one attached hydrogen (secondary N) is 1. The van der Waals surface area contributed by atoms with Crippen LogP contribution in [0.15, 0.2) is 30.3 Å². The third kappa shape index (κ3) is 6.71. The maximum Gasteiger partial charge on any atom is 0.123 e. The summed E-state index contributed by atoms with van der Waals surface area (Å²) in [5.74, 6) is 1.19. The fraction of sp³-hybridized carbons (Fsp3) is 0.609. The van der Waals surface area contributed by atoms with Crippen LogP contribution in [0.3, 0.4) is 0 Å². The van der Waals surface area contributed by atoms with Gasteiger partial charge < -0.3 is 9.80 Å². The third-order valence-corrected chi connectivity index (χ3v) is 5.54. The van der Waals surface area contributed by atoms with Gasteiger partial charge in [0.15, 0.2) is 0 Å². The van der Waals surface area contributed by atoms with Gasteiger partial charge in [-0.05, 0) is 74.9 Å².